The highest BCUT2D eigenvalue weighted by Crippen LogP contribution is 2.26. The van der Waals surface area contributed by atoms with Gasteiger partial charge in [0.15, 0.2) is 0 Å². The lowest BCUT2D eigenvalue weighted by Crippen LogP contribution is -2.40. The summed E-state index contributed by atoms with van der Waals surface area (Å²) in [4.78, 5) is 0. The summed E-state index contributed by atoms with van der Waals surface area (Å²) in [6.07, 6.45) is 0.838. The lowest BCUT2D eigenvalue weighted by atomic mass is 10.4. The number of aliphatic hydroxyl groups excluding tert-OH is 1. The Labute approximate surface area is 112 Å². The van der Waals surface area contributed by atoms with Crippen molar-refractivity contribution in [1.29, 1.82) is 0 Å². The second-order valence-electron chi connectivity index (χ2n) is 4.27. The van der Waals surface area contributed by atoms with Crippen LogP contribution in [0.3, 0.4) is 0 Å². The molecule has 1 rings (SSSR count). The number of aliphatic hydroxyl groups is 1. The van der Waals surface area contributed by atoms with E-state index in [0.717, 1.165) is 12.5 Å². The molecular weight excluding hydrogens is 252 g/mol. The van der Waals surface area contributed by atoms with Gasteiger partial charge in [0.1, 0.15) is 6.10 Å². The molecule has 18 heavy (non-hydrogen) atoms. The highest BCUT2D eigenvalue weighted by atomic mass is 28.2. The Bertz CT molecular complexity index is 209. The second-order valence-corrected chi connectivity index (χ2v) is 6.36. The quantitative estimate of drug-likeness (QED) is 0.338. The predicted molar refractivity (Wildman–Crippen MR) is 71.3 cm³/mol. The van der Waals surface area contributed by atoms with Gasteiger partial charge in [-0.3, -0.25) is 0 Å². The molecule has 0 radical (unpaired) electrons. The maximum atomic E-state index is 8.91. The van der Waals surface area contributed by atoms with Gasteiger partial charge < -0.3 is 24.1 Å². The molecule has 0 aromatic carbocycles. The molecule has 2 atom stereocenters. The Morgan fingerprint density at radius 3 is 2.06 bits per heavy atom. The molecule has 0 aromatic rings. The molecule has 1 N–H and O–H groups in total. The van der Waals surface area contributed by atoms with E-state index in [1.54, 1.807) is 0 Å². The van der Waals surface area contributed by atoms with Crippen molar-refractivity contribution in [3.05, 3.63) is 0 Å². The van der Waals surface area contributed by atoms with E-state index in [0.29, 0.717) is 25.5 Å². The van der Waals surface area contributed by atoms with Crippen LogP contribution in [-0.4, -0.2) is 58.9 Å². The van der Waals surface area contributed by atoms with Crippen LogP contribution >= 0.6 is 0 Å². The molecule has 1 fully saturated rings. The van der Waals surface area contributed by atoms with Crippen molar-refractivity contribution >= 4 is 9.52 Å². The molecule has 1 saturated heterocycles. The first-order chi connectivity index (χ1) is 8.71. The molecule has 0 aliphatic carbocycles. The molecule has 0 amide bonds. The average molecular weight is 278 g/mol. The Kier molecular flexibility index (Phi) is 7.36. The maximum absolute atomic E-state index is 8.91. The molecule has 0 aromatic heterocycles. The zero-order chi connectivity index (χ0) is 13.4. The highest BCUT2D eigenvalue weighted by Gasteiger charge is 2.39. The normalized spacial score (nSPS) is 24.0. The van der Waals surface area contributed by atoms with E-state index in [1.807, 2.05) is 20.8 Å². The molecule has 1 heterocycles. The van der Waals surface area contributed by atoms with Crippen LogP contribution in [0.4, 0.5) is 0 Å². The fraction of sp³-hybridized carbons (Fsp3) is 1.00. The number of rotatable bonds is 11. The minimum Gasteiger partial charge on any atom is -0.394 e. The van der Waals surface area contributed by atoms with E-state index < -0.39 is 5.97 Å². The Morgan fingerprint density at radius 2 is 1.67 bits per heavy atom. The third-order valence-corrected chi connectivity index (χ3v) is 4.98. The monoisotopic (exact) mass is 278 g/mol. The van der Waals surface area contributed by atoms with Crippen LogP contribution in [-0.2, 0) is 18.9 Å². The second kappa shape index (κ2) is 8.24. The van der Waals surface area contributed by atoms with Gasteiger partial charge in [-0.1, -0.05) is 6.04 Å². The predicted octanol–water partition coefficient (Wildman–Crippen LogP) is 0.444. The average Bonchev–Trinajstić information content (AvgIpc) is 3.09. The van der Waals surface area contributed by atoms with Crippen molar-refractivity contribution in [2.75, 3.05) is 26.4 Å². The molecular formula is C12H26O5Si. The Hall–Kier alpha value is 0.0169. The van der Waals surface area contributed by atoms with Crippen LogP contribution in [0.25, 0.3) is 0 Å². The molecule has 0 saturated carbocycles. The van der Waals surface area contributed by atoms with Crippen LogP contribution in [0.1, 0.15) is 27.2 Å². The third-order valence-electron chi connectivity index (χ3n) is 2.93. The third kappa shape index (κ3) is 4.95. The largest absolute Gasteiger partial charge is 0.394 e. The van der Waals surface area contributed by atoms with E-state index in [9.17, 15) is 0 Å². The molecule has 1 aliphatic rings. The first-order valence-electron chi connectivity index (χ1n) is 6.89. The molecule has 5 nitrogen and oxygen atoms in total. The smallest absolute Gasteiger partial charge is 0.282 e. The zero-order valence-electron chi connectivity index (χ0n) is 11.7. The van der Waals surface area contributed by atoms with Crippen LogP contribution in [0, 0.1) is 0 Å². The van der Waals surface area contributed by atoms with Crippen LogP contribution in [0.5, 0.6) is 0 Å². The molecule has 108 valence electrons. The highest BCUT2D eigenvalue weighted by molar-refractivity contribution is 6.38. The van der Waals surface area contributed by atoms with Gasteiger partial charge in [-0.2, -0.15) is 0 Å². The van der Waals surface area contributed by atoms with Gasteiger partial charge in [0.2, 0.25) is 0 Å². The summed E-state index contributed by atoms with van der Waals surface area (Å²) in [6, 6.07) is 1.03. The zero-order valence-corrected chi connectivity index (χ0v) is 13.1. The van der Waals surface area contributed by atoms with E-state index in [1.165, 1.54) is 0 Å². The molecule has 6 heteroatoms. The maximum Gasteiger partial charge on any atom is 0.282 e. The van der Waals surface area contributed by atoms with Gasteiger partial charge in [0.25, 0.3) is 5.97 Å². The Balaban J connectivity index is 2.34. The SMILES string of the molecule is CCOC(CC[SiH2]C1OC1CO)(OCC)OCC. The van der Waals surface area contributed by atoms with Gasteiger partial charge in [0, 0.05) is 26.2 Å². The summed E-state index contributed by atoms with van der Waals surface area (Å²) in [6.45, 7) is 7.68. The van der Waals surface area contributed by atoms with Gasteiger partial charge in [-0.05, 0) is 20.8 Å². The number of ether oxygens (including phenoxy) is 4. The van der Waals surface area contributed by atoms with E-state index >= 15 is 0 Å². The van der Waals surface area contributed by atoms with Crippen molar-refractivity contribution in [2.24, 2.45) is 0 Å². The van der Waals surface area contributed by atoms with Crippen LogP contribution < -0.4 is 0 Å². The molecule has 2 unspecified atom stereocenters. The molecule has 0 spiro atoms. The van der Waals surface area contributed by atoms with Crippen molar-refractivity contribution < 1.29 is 24.1 Å². The van der Waals surface area contributed by atoms with Crippen LogP contribution in [0.2, 0.25) is 6.04 Å². The van der Waals surface area contributed by atoms with Gasteiger partial charge in [-0.15, -0.1) is 0 Å². The molecule has 0 bridgehead atoms. The summed E-state index contributed by atoms with van der Waals surface area (Å²) in [5, 5.41) is 8.91. The lowest BCUT2D eigenvalue weighted by Gasteiger charge is -2.32. The summed E-state index contributed by atoms with van der Waals surface area (Å²) in [5.41, 5.74) is 0.331. The van der Waals surface area contributed by atoms with Crippen molar-refractivity contribution in [3.63, 3.8) is 0 Å². The summed E-state index contributed by atoms with van der Waals surface area (Å²) in [7, 11) is -0.354. The standard InChI is InChI=1S/C12H26O5Si/c1-4-14-12(15-5-2,16-6-3)7-8-18-11-10(9-13)17-11/h10-11,13H,4-9,18H2,1-3H3. The number of epoxide rings is 1. The molecule has 1 aliphatic heterocycles. The summed E-state index contributed by atoms with van der Waals surface area (Å²) >= 11 is 0. The fourth-order valence-corrected chi connectivity index (χ4v) is 4.06. The van der Waals surface area contributed by atoms with Gasteiger partial charge in [-0.25, -0.2) is 0 Å². The minimum atomic E-state index is -0.880. The minimum absolute atomic E-state index is 0.0948. The van der Waals surface area contributed by atoms with E-state index in [4.69, 9.17) is 24.1 Å². The topological polar surface area (TPSA) is 60.5 Å². The number of hydrogen-bond donors (Lipinski definition) is 1. The van der Waals surface area contributed by atoms with Crippen molar-refractivity contribution in [1.82, 2.24) is 0 Å². The van der Waals surface area contributed by atoms with E-state index in [-0.39, 0.29) is 22.2 Å². The first-order valence-corrected chi connectivity index (χ1v) is 8.71. The van der Waals surface area contributed by atoms with E-state index in [2.05, 4.69) is 0 Å². The fourth-order valence-electron chi connectivity index (χ4n) is 2.11. The van der Waals surface area contributed by atoms with Crippen molar-refractivity contribution in [3.8, 4) is 0 Å². The lowest BCUT2D eigenvalue weighted by molar-refractivity contribution is -0.377. The van der Waals surface area contributed by atoms with Crippen molar-refractivity contribution in [2.45, 2.75) is 51.0 Å². The van der Waals surface area contributed by atoms with Crippen LogP contribution in [0.15, 0.2) is 0 Å². The summed E-state index contributed by atoms with van der Waals surface area (Å²) in [5.74, 6) is -0.880. The van der Waals surface area contributed by atoms with Gasteiger partial charge in [0.05, 0.1) is 21.9 Å². The first kappa shape index (κ1) is 16.1. The summed E-state index contributed by atoms with van der Waals surface area (Å²) < 4.78 is 22.3. The number of hydrogen-bond acceptors (Lipinski definition) is 5. The van der Waals surface area contributed by atoms with Gasteiger partial charge >= 0.3 is 0 Å². The Morgan fingerprint density at radius 1 is 1.11 bits per heavy atom.